The Morgan fingerprint density at radius 3 is 2.90 bits per heavy atom. The van der Waals surface area contributed by atoms with Gasteiger partial charge in [-0.1, -0.05) is 5.21 Å². The minimum atomic E-state index is -1.11. The number of rotatable bonds is 5. The molecule has 2 N–H and O–H groups in total. The second-order valence-electron chi connectivity index (χ2n) is 4.49. The van der Waals surface area contributed by atoms with E-state index in [9.17, 15) is 9.59 Å². The van der Waals surface area contributed by atoms with Crippen LogP contribution in [0.1, 0.15) is 29.4 Å². The number of urea groups is 1. The van der Waals surface area contributed by atoms with E-state index in [1.807, 2.05) is 0 Å². The normalized spacial score (nSPS) is 14.4. The van der Waals surface area contributed by atoms with E-state index in [1.165, 1.54) is 10.9 Å². The van der Waals surface area contributed by atoms with Crippen molar-refractivity contribution < 1.29 is 14.7 Å². The van der Waals surface area contributed by atoms with Crippen molar-refractivity contribution in [2.45, 2.75) is 18.9 Å². The third-order valence-corrected chi connectivity index (χ3v) is 3.03. The summed E-state index contributed by atoms with van der Waals surface area (Å²) in [6, 6.07) is -0.163. The van der Waals surface area contributed by atoms with Crippen molar-refractivity contribution in [3.8, 4) is 12.3 Å². The number of aromatic nitrogens is 3. The zero-order valence-corrected chi connectivity index (χ0v) is 10.8. The first-order valence-electron chi connectivity index (χ1n) is 6.23. The summed E-state index contributed by atoms with van der Waals surface area (Å²) in [5.41, 5.74) is -0.0952. The topological polar surface area (TPSA) is 100 Å². The Hall–Kier alpha value is -2.56. The van der Waals surface area contributed by atoms with Gasteiger partial charge in [0.15, 0.2) is 5.69 Å². The summed E-state index contributed by atoms with van der Waals surface area (Å²) in [5, 5.41) is 18.8. The Morgan fingerprint density at radius 1 is 1.55 bits per heavy atom. The fourth-order valence-corrected chi connectivity index (χ4v) is 1.84. The summed E-state index contributed by atoms with van der Waals surface area (Å²) < 4.78 is 1.48. The first-order chi connectivity index (χ1) is 9.61. The Bertz CT molecular complexity index is 542. The molecular weight excluding hydrogens is 262 g/mol. The van der Waals surface area contributed by atoms with Crippen molar-refractivity contribution in [1.29, 1.82) is 0 Å². The number of carbonyl (C=O) groups is 2. The van der Waals surface area contributed by atoms with E-state index in [0.717, 1.165) is 6.42 Å². The van der Waals surface area contributed by atoms with E-state index in [1.54, 1.807) is 4.90 Å². The summed E-state index contributed by atoms with van der Waals surface area (Å²) in [5.74, 6) is 1.39. The van der Waals surface area contributed by atoms with Gasteiger partial charge in [-0.25, -0.2) is 14.3 Å². The molecule has 1 aliphatic rings. The molecule has 1 aromatic heterocycles. The number of carboxylic acids is 1. The summed E-state index contributed by atoms with van der Waals surface area (Å²) in [6.07, 6.45) is 7.88. The lowest BCUT2D eigenvalue weighted by atomic mass is 10.1. The lowest BCUT2D eigenvalue weighted by Crippen LogP contribution is -2.54. The predicted molar refractivity (Wildman–Crippen MR) is 69.1 cm³/mol. The van der Waals surface area contributed by atoms with Crippen LogP contribution in [0.25, 0.3) is 0 Å². The summed E-state index contributed by atoms with van der Waals surface area (Å²) >= 11 is 0. The Kier molecular flexibility index (Phi) is 4.20. The number of likely N-dealkylation sites (tertiary alicyclic amines) is 1. The maximum atomic E-state index is 11.7. The number of nitrogens with zero attached hydrogens (tertiary/aromatic N) is 4. The minimum Gasteiger partial charge on any atom is -0.476 e. The number of carboxylic acid groups (broad SMARTS) is 1. The van der Waals surface area contributed by atoms with Crippen LogP contribution >= 0.6 is 0 Å². The highest BCUT2D eigenvalue weighted by Crippen LogP contribution is 2.20. The molecule has 20 heavy (non-hydrogen) atoms. The molecule has 0 atom stereocenters. The quantitative estimate of drug-likeness (QED) is 0.581. The third-order valence-electron chi connectivity index (χ3n) is 3.03. The second kappa shape index (κ2) is 6.06. The molecule has 2 amide bonds. The van der Waals surface area contributed by atoms with Crippen molar-refractivity contribution in [3.63, 3.8) is 0 Å². The number of unbranched alkanes of at least 4 members (excludes halogenated alkanes) is 1. The van der Waals surface area contributed by atoms with Crippen LogP contribution in [0.3, 0.4) is 0 Å². The van der Waals surface area contributed by atoms with Gasteiger partial charge in [0, 0.05) is 26.1 Å². The van der Waals surface area contributed by atoms with E-state index in [0.29, 0.717) is 26.1 Å². The number of terminal acetylenes is 1. The predicted octanol–water partition coefficient (Wildman–Crippen LogP) is -0.0440. The first-order valence-corrected chi connectivity index (χ1v) is 6.23. The van der Waals surface area contributed by atoms with Gasteiger partial charge in [0.2, 0.25) is 0 Å². The van der Waals surface area contributed by atoms with Crippen LogP contribution in [0.5, 0.6) is 0 Å². The monoisotopic (exact) mass is 277 g/mol. The number of hydrogen-bond acceptors (Lipinski definition) is 4. The molecule has 0 radical (unpaired) electrons. The summed E-state index contributed by atoms with van der Waals surface area (Å²) in [7, 11) is 0. The van der Waals surface area contributed by atoms with Gasteiger partial charge in [-0.15, -0.1) is 17.4 Å². The van der Waals surface area contributed by atoms with Gasteiger partial charge in [-0.2, -0.15) is 0 Å². The minimum absolute atomic E-state index is 0.0212. The maximum absolute atomic E-state index is 11.7. The first kappa shape index (κ1) is 13.9. The fourth-order valence-electron chi connectivity index (χ4n) is 1.84. The van der Waals surface area contributed by atoms with Crippen LogP contribution in [0.4, 0.5) is 4.79 Å². The SMILES string of the molecule is C#CCCCNC(=O)N1CC(n2cc(C(=O)O)nn2)C1. The molecule has 1 aliphatic heterocycles. The van der Waals surface area contributed by atoms with Gasteiger partial charge in [0.05, 0.1) is 12.2 Å². The molecule has 106 valence electrons. The number of nitrogens with one attached hydrogen (secondary N) is 1. The summed E-state index contributed by atoms with van der Waals surface area (Å²) in [6.45, 7) is 1.53. The van der Waals surface area contributed by atoms with Gasteiger partial charge in [0.1, 0.15) is 0 Å². The van der Waals surface area contributed by atoms with Crippen molar-refractivity contribution in [1.82, 2.24) is 25.2 Å². The van der Waals surface area contributed by atoms with Gasteiger partial charge >= 0.3 is 12.0 Å². The van der Waals surface area contributed by atoms with Crippen LogP contribution in [-0.2, 0) is 0 Å². The van der Waals surface area contributed by atoms with E-state index < -0.39 is 5.97 Å². The van der Waals surface area contributed by atoms with Crippen molar-refractivity contribution in [2.24, 2.45) is 0 Å². The molecular formula is C12H15N5O3. The molecule has 1 aromatic rings. The molecule has 0 unspecified atom stereocenters. The molecule has 0 aliphatic carbocycles. The number of aromatic carboxylic acids is 1. The molecule has 2 heterocycles. The summed E-state index contributed by atoms with van der Waals surface area (Å²) in [4.78, 5) is 24.0. The third kappa shape index (κ3) is 3.06. The second-order valence-corrected chi connectivity index (χ2v) is 4.49. The van der Waals surface area contributed by atoms with Crippen LogP contribution in [-0.4, -0.2) is 56.6 Å². The Balaban J connectivity index is 1.75. The van der Waals surface area contributed by atoms with Crippen molar-refractivity contribution in [2.75, 3.05) is 19.6 Å². The zero-order valence-electron chi connectivity index (χ0n) is 10.8. The fraction of sp³-hybridized carbons (Fsp3) is 0.500. The maximum Gasteiger partial charge on any atom is 0.358 e. The van der Waals surface area contributed by atoms with Crippen LogP contribution in [0.2, 0.25) is 0 Å². The molecule has 1 saturated heterocycles. The van der Waals surface area contributed by atoms with E-state index in [4.69, 9.17) is 11.5 Å². The molecule has 0 spiro atoms. The lowest BCUT2D eigenvalue weighted by molar-refractivity contribution is 0.0690. The molecule has 0 bridgehead atoms. The van der Waals surface area contributed by atoms with Crippen LogP contribution in [0, 0.1) is 12.3 Å². The number of carbonyl (C=O) groups excluding carboxylic acids is 1. The molecule has 0 aromatic carbocycles. The highest BCUT2D eigenvalue weighted by molar-refractivity contribution is 5.84. The highest BCUT2D eigenvalue weighted by Gasteiger charge is 2.32. The average Bonchev–Trinajstić information content (AvgIpc) is 2.82. The van der Waals surface area contributed by atoms with E-state index in [2.05, 4.69) is 21.5 Å². The van der Waals surface area contributed by atoms with Gasteiger partial charge < -0.3 is 15.3 Å². The number of amides is 2. The highest BCUT2D eigenvalue weighted by atomic mass is 16.4. The van der Waals surface area contributed by atoms with Gasteiger partial charge in [-0.05, 0) is 6.42 Å². The zero-order chi connectivity index (χ0) is 14.5. The van der Waals surface area contributed by atoms with Gasteiger partial charge in [-0.3, -0.25) is 0 Å². The largest absolute Gasteiger partial charge is 0.476 e. The molecule has 0 saturated carbocycles. The van der Waals surface area contributed by atoms with Gasteiger partial charge in [0.25, 0.3) is 0 Å². The standard InChI is InChI=1S/C12H15N5O3/c1-2-3-4-5-13-12(20)16-6-9(7-16)17-8-10(11(18)19)14-15-17/h1,8-9H,3-7H2,(H,13,20)(H,18,19). The van der Waals surface area contributed by atoms with E-state index in [-0.39, 0.29) is 17.8 Å². The Morgan fingerprint density at radius 2 is 2.30 bits per heavy atom. The smallest absolute Gasteiger partial charge is 0.358 e. The van der Waals surface area contributed by atoms with E-state index >= 15 is 0 Å². The van der Waals surface area contributed by atoms with Crippen molar-refractivity contribution >= 4 is 12.0 Å². The van der Waals surface area contributed by atoms with Crippen LogP contribution < -0.4 is 5.32 Å². The molecule has 8 nitrogen and oxygen atoms in total. The van der Waals surface area contributed by atoms with Crippen LogP contribution in [0.15, 0.2) is 6.20 Å². The Labute approximate surface area is 115 Å². The lowest BCUT2D eigenvalue weighted by Gasteiger charge is -2.38. The van der Waals surface area contributed by atoms with Crippen molar-refractivity contribution in [3.05, 3.63) is 11.9 Å². The average molecular weight is 277 g/mol. The molecule has 1 fully saturated rings. The molecule has 8 heteroatoms. The number of hydrogen-bond donors (Lipinski definition) is 2. The molecule has 2 rings (SSSR count).